The molecule has 0 saturated heterocycles. The number of aliphatic hydroxyl groups is 1. The average molecular weight is 305 g/mol. The first-order valence-corrected chi connectivity index (χ1v) is 8.34. The van der Waals surface area contributed by atoms with Crippen LogP contribution in [0.4, 0.5) is 5.69 Å². The molecule has 1 amide bonds. The van der Waals surface area contributed by atoms with Crippen molar-refractivity contribution in [2.24, 2.45) is 0 Å². The molecule has 1 aliphatic rings. The van der Waals surface area contributed by atoms with Crippen LogP contribution < -0.4 is 4.90 Å². The molecule has 1 heterocycles. The van der Waals surface area contributed by atoms with Gasteiger partial charge in [0.1, 0.15) is 5.75 Å². The lowest BCUT2D eigenvalue weighted by atomic mass is 9.88. The minimum atomic E-state index is -0.928. The monoisotopic (exact) mass is 305 g/mol. The number of nitrogens with zero attached hydrogens (tertiary/aromatic N) is 1. The van der Waals surface area contributed by atoms with E-state index in [0.29, 0.717) is 25.1 Å². The molecule has 4 nitrogen and oxygen atoms in total. The largest absolute Gasteiger partial charge is 0.506 e. The van der Waals surface area contributed by atoms with E-state index in [1.807, 2.05) is 26.0 Å². The Labute approximate surface area is 132 Å². The van der Waals surface area contributed by atoms with Gasteiger partial charge in [-0.25, -0.2) is 0 Å². The first kappa shape index (κ1) is 16.8. The molecular formula is C18H27NO3. The summed E-state index contributed by atoms with van der Waals surface area (Å²) < 4.78 is 0. The molecule has 2 N–H and O–H groups in total. The van der Waals surface area contributed by atoms with Crippen LogP contribution in [0.25, 0.3) is 0 Å². The number of phenolic OH excluding ortho intramolecular Hbond substituents is 1. The fraction of sp³-hybridized carbons (Fsp3) is 0.611. The van der Waals surface area contributed by atoms with Crippen molar-refractivity contribution in [3.05, 3.63) is 23.8 Å². The molecule has 0 aliphatic carbocycles. The second-order valence-corrected chi connectivity index (χ2v) is 6.33. The lowest BCUT2D eigenvalue weighted by Gasteiger charge is -2.34. The number of anilines is 1. The van der Waals surface area contributed by atoms with Gasteiger partial charge in [-0.15, -0.1) is 0 Å². The topological polar surface area (TPSA) is 60.8 Å². The summed E-state index contributed by atoms with van der Waals surface area (Å²) in [5.41, 5.74) is 0.714. The smallest absolute Gasteiger partial charge is 0.229 e. The van der Waals surface area contributed by atoms with E-state index in [0.717, 1.165) is 31.2 Å². The Bertz CT molecular complexity index is 521. The maximum Gasteiger partial charge on any atom is 0.229 e. The second kappa shape index (κ2) is 7.14. The number of rotatable bonds is 6. The molecule has 2 rings (SSSR count). The molecular weight excluding hydrogens is 278 g/mol. The number of hydrogen-bond donors (Lipinski definition) is 2. The van der Waals surface area contributed by atoms with Gasteiger partial charge >= 0.3 is 0 Å². The van der Waals surface area contributed by atoms with Crippen molar-refractivity contribution in [3.8, 4) is 5.75 Å². The van der Waals surface area contributed by atoms with Gasteiger partial charge in [-0.05, 0) is 37.3 Å². The summed E-state index contributed by atoms with van der Waals surface area (Å²) in [5.74, 6) is 0.0620. The number of phenols is 1. The summed E-state index contributed by atoms with van der Waals surface area (Å²) in [5, 5.41) is 20.8. The molecule has 1 aliphatic heterocycles. The molecule has 0 radical (unpaired) electrons. The number of aryl methyl sites for hydroxylation is 1. The second-order valence-electron chi connectivity index (χ2n) is 6.33. The highest BCUT2D eigenvalue weighted by Gasteiger charge is 2.33. The summed E-state index contributed by atoms with van der Waals surface area (Å²) in [6, 6.07) is 5.39. The van der Waals surface area contributed by atoms with E-state index >= 15 is 0 Å². The van der Waals surface area contributed by atoms with E-state index in [1.165, 1.54) is 0 Å². The Morgan fingerprint density at radius 3 is 2.59 bits per heavy atom. The zero-order valence-corrected chi connectivity index (χ0v) is 13.6. The molecule has 0 aromatic heterocycles. The van der Waals surface area contributed by atoms with Gasteiger partial charge in [-0.1, -0.05) is 38.8 Å². The Kier molecular flexibility index (Phi) is 5.46. The number of fused-ring (bicyclic) bond motifs is 1. The van der Waals surface area contributed by atoms with Crippen molar-refractivity contribution in [1.82, 2.24) is 0 Å². The Morgan fingerprint density at radius 1 is 1.27 bits per heavy atom. The van der Waals surface area contributed by atoms with Crippen molar-refractivity contribution >= 4 is 11.6 Å². The fourth-order valence-electron chi connectivity index (χ4n) is 3.49. The number of benzene rings is 1. The fourth-order valence-corrected chi connectivity index (χ4v) is 3.49. The lowest BCUT2D eigenvalue weighted by molar-refractivity contribution is -0.124. The molecule has 0 spiro atoms. The Balaban J connectivity index is 2.21. The van der Waals surface area contributed by atoms with Gasteiger partial charge in [0.25, 0.3) is 0 Å². The minimum absolute atomic E-state index is 0.0909. The average Bonchev–Trinajstić information content (AvgIpc) is 2.47. The first-order chi connectivity index (χ1) is 10.5. The van der Waals surface area contributed by atoms with Crippen LogP contribution in [0.2, 0.25) is 0 Å². The summed E-state index contributed by atoms with van der Waals surface area (Å²) in [7, 11) is 0. The molecule has 122 valence electrons. The third-order valence-electron chi connectivity index (χ3n) is 4.41. The third-order valence-corrected chi connectivity index (χ3v) is 4.41. The predicted molar refractivity (Wildman–Crippen MR) is 88.2 cm³/mol. The van der Waals surface area contributed by atoms with Crippen LogP contribution in [-0.4, -0.2) is 28.3 Å². The lowest BCUT2D eigenvalue weighted by Crippen LogP contribution is -2.41. The number of para-hydroxylation sites is 1. The summed E-state index contributed by atoms with van der Waals surface area (Å²) in [6.07, 6.45) is 4.87. The summed E-state index contributed by atoms with van der Waals surface area (Å²) in [6.45, 7) is 4.65. The van der Waals surface area contributed by atoms with Crippen LogP contribution in [-0.2, 0) is 11.2 Å². The standard InChI is InChI=1S/C18H27NO3/c1-3-10-18(22,11-4-2)13-16(21)19-12-6-8-14-7-5-9-15(20)17(14)19/h5,7,9,20,22H,3-4,6,8,10-13H2,1-2H3. The van der Waals surface area contributed by atoms with Crippen molar-refractivity contribution in [3.63, 3.8) is 0 Å². The first-order valence-electron chi connectivity index (χ1n) is 8.34. The quantitative estimate of drug-likeness (QED) is 0.847. The normalized spacial score (nSPS) is 14.8. The number of aromatic hydroxyl groups is 1. The molecule has 0 unspecified atom stereocenters. The van der Waals surface area contributed by atoms with Gasteiger partial charge in [0.05, 0.1) is 17.7 Å². The van der Waals surface area contributed by atoms with E-state index in [-0.39, 0.29) is 18.1 Å². The zero-order chi connectivity index (χ0) is 16.2. The van der Waals surface area contributed by atoms with Gasteiger partial charge in [-0.3, -0.25) is 4.79 Å². The van der Waals surface area contributed by atoms with Crippen molar-refractivity contribution in [2.45, 2.75) is 64.4 Å². The number of amides is 1. The minimum Gasteiger partial charge on any atom is -0.506 e. The molecule has 0 bridgehead atoms. The number of carbonyl (C=O) groups excluding carboxylic acids is 1. The van der Waals surface area contributed by atoms with Crippen LogP contribution in [0, 0.1) is 0 Å². The van der Waals surface area contributed by atoms with Gasteiger partial charge < -0.3 is 15.1 Å². The van der Waals surface area contributed by atoms with E-state index in [1.54, 1.807) is 11.0 Å². The van der Waals surface area contributed by atoms with E-state index in [2.05, 4.69) is 0 Å². The maximum atomic E-state index is 12.7. The highest BCUT2D eigenvalue weighted by molar-refractivity contribution is 5.96. The zero-order valence-electron chi connectivity index (χ0n) is 13.6. The van der Waals surface area contributed by atoms with Crippen LogP contribution in [0.15, 0.2) is 18.2 Å². The molecule has 0 atom stereocenters. The van der Waals surface area contributed by atoms with Crippen molar-refractivity contribution < 1.29 is 15.0 Å². The molecule has 0 saturated carbocycles. The van der Waals surface area contributed by atoms with Crippen LogP contribution in [0.3, 0.4) is 0 Å². The van der Waals surface area contributed by atoms with Crippen LogP contribution >= 0.6 is 0 Å². The summed E-state index contributed by atoms with van der Waals surface area (Å²) in [4.78, 5) is 14.4. The molecule has 4 heteroatoms. The molecule has 22 heavy (non-hydrogen) atoms. The highest BCUT2D eigenvalue weighted by Crippen LogP contribution is 2.36. The van der Waals surface area contributed by atoms with Gasteiger partial charge in [0, 0.05) is 6.54 Å². The van der Waals surface area contributed by atoms with E-state index in [9.17, 15) is 15.0 Å². The van der Waals surface area contributed by atoms with Crippen molar-refractivity contribution in [1.29, 1.82) is 0 Å². The maximum absolute atomic E-state index is 12.7. The highest BCUT2D eigenvalue weighted by atomic mass is 16.3. The Hall–Kier alpha value is -1.55. The third kappa shape index (κ3) is 3.61. The number of carbonyl (C=O) groups is 1. The van der Waals surface area contributed by atoms with Gasteiger partial charge in [0.15, 0.2) is 0 Å². The van der Waals surface area contributed by atoms with Gasteiger partial charge in [-0.2, -0.15) is 0 Å². The van der Waals surface area contributed by atoms with E-state index in [4.69, 9.17) is 0 Å². The SMILES string of the molecule is CCCC(O)(CCC)CC(=O)N1CCCc2cccc(O)c21. The van der Waals surface area contributed by atoms with Crippen LogP contribution in [0.5, 0.6) is 5.75 Å². The molecule has 1 aromatic rings. The number of hydrogen-bond acceptors (Lipinski definition) is 3. The van der Waals surface area contributed by atoms with Crippen LogP contribution in [0.1, 0.15) is 57.9 Å². The predicted octanol–water partition coefficient (Wildman–Crippen LogP) is 3.39. The Morgan fingerprint density at radius 2 is 1.95 bits per heavy atom. The van der Waals surface area contributed by atoms with Gasteiger partial charge in [0.2, 0.25) is 5.91 Å². The molecule has 0 fully saturated rings. The summed E-state index contributed by atoms with van der Waals surface area (Å²) >= 11 is 0. The van der Waals surface area contributed by atoms with Crippen molar-refractivity contribution in [2.75, 3.05) is 11.4 Å². The molecule has 1 aromatic carbocycles. The van der Waals surface area contributed by atoms with E-state index < -0.39 is 5.60 Å².